The van der Waals surface area contributed by atoms with Gasteiger partial charge in [-0.3, -0.25) is 4.68 Å². The van der Waals surface area contributed by atoms with Crippen molar-refractivity contribution >= 4 is 6.03 Å². The van der Waals surface area contributed by atoms with Crippen molar-refractivity contribution in [2.45, 2.75) is 25.9 Å². The van der Waals surface area contributed by atoms with Gasteiger partial charge in [0.25, 0.3) is 0 Å². The number of hydrogen-bond donors (Lipinski definition) is 2. The van der Waals surface area contributed by atoms with Crippen LogP contribution in [0.1, 0.15) is 37.1 Å². The standard InChI is InChI=1S/C15H18F2N4O/c1-9(11-7-18-21(3)8-11)19-15(22)20-10(2)13-5-4-12(16)6-14(13)17/h4-10H,1-3H3,(H2,19,20,22)/t9-,10-/m0/s1. The minimum absolute atomic E-state index is 0.227. The number of aromatic nitrogens is 2. The second-order valence-electron chi connectivity index (χ2n) is 5.17. The molecule has 2 rings (SSSR count). The SMILES string of the molecule is C[C@H](NC(=O)N[C@@H](C)c1ccc(F)cc1F)c1cnn(C)c1. The minimum Gasteiger partial charge on any atom is -0.332 e. The zero-order chi connectivity index (χ0) is 16.3. The van der Waals surface area contributed by atoms with Crippen LogP contribution >= 0.6 is 0 Å². The fourth-order valence-corrected chi connectivity index (χ4v) is 2.11. The molecule has 0 saturated heterocycles. The van der Waals surface area contributed by atoms with Crippen LogP contribution < -0.4 is 10.6 Å². The van der Waals surface area contributed by atoms with Crippen LogP contribution in [0.2, 0.25) is 0 Å². The first kappa shape index (κ1) is 15.9. The fourth-order valence-electron chi connectivity index (χ4n) is 2.11. The van der Waals surface area contributed by atoms with Gasteiger partial charge in [0.1, 0.15) is 11.6 Å². The van der Waals surface area contributed by atoms with Gasteiger partial charge in [0.15, 0.2) is 0 Å². The third kappa shape index (κ3) is 3.81. The van der Waals surface area contributed by atoms with Crippen molar-refractivity contribution in [1.29, 1.82) is 0 Å². The average Bonchev–Trinajstić information content (AvgIpc) is 2.85. The molecular weight excluding hydrogens is 290 g/mol. The number of halogens is 2. The predicted octanol–water partition coefficient (Wildman–Crippen LogP) is 2.82. The summed E-state index contributed by atoms with van der Waals surface area (Å²) in [4.78, 5) is 11.9. The Morgan fingerprint density at radius 3 is 2.50 bits per heavy atom. The monoisotopic (exact) mass is 308 g/mol. The maximum absolute atomic E-state index is 13.7. The smallest absolute Gasteiger partial charge is 0.315 e. The zero-order valence-corrected chi connectivity index (χ0v) is 12.6. The molecule has 0 aliphatic carbocycles. The summed E-state index contributed by atoms with van der Waals surface area (Å²) in [5.74, 6) is -1.34. The molecule has 118 valence electrons. The van der Waals surface area contributed by atoms with Gasteiger partial charge < -0.3 is 10.6 Å². The highest BCUT2D eigenvalue weighted by Gasteiger charge is 2.16. The molecule has 0 unspecified atom stereocenters. The van der Waals surface area contributed by atoms with Crippen LogP contribution in [-0.2, 0) is 7.05 Å². The quantitative estimate of drug-likeness (QED) is 0.912. The molecule has 0 aliphatic rings. The number of aryl methyl sites for hydroxylation is 1. The third-order valence-corrected chi connectivity index (χ3v) is 3.35. The molecule has 1 aromatic heterocycles. The van der Waals surface area contributed by atoms with Crippen LogP contribution in [0.15, 0.2) is 30.6 Å². The summed E-state index contributed by atoms with van der Waals surface area (Å²) in [5.41, 5.74) is 1.09. The first-order chi connectivity index (χ1) is 10.4. The lowest BCUT2D eigenvalue weighted by atomic mass is 10.1. The summed E-state index contributed by atoms with van der Waals surface area (Å²) in [7, 11) is 1.79. The number of rotatable bonds is 4. The lowest BCUT2D eigenvalue weighted by molar-refractivity contribution is 0.234. The summed E-state index contributed by atoms with van der Waals surface area (Å²) >= 11 is 0. The van der Waals surface area contributed by atoms with Crippen LogP contribution in [-0.4, -0.2) is 15.8 Å². The fraction of sp³-hybridized carbons (Fsp3) is 0.333. The average molecular weight is 308 g/mol. The van der Waals surface area contributed by atoms with Crippen LogP contribution in [0.3, 0.4) is 0 Å². The summed E-state index contributed by atoms with van der Waals surface area (Å²) in [6, 6.07) is 2.02. The molecule has 1 heterocycles. The predicted molar refractivity (Wildman–Crippen MR) is 78.1 cm³/mol. The molecule has 0 saturated carbocycles. The minimum atomic E-state index is -0.687. The van der Waals surface area contributed by atoms with Crippen molar-refractivity contribution in [2.24, 2.45) is 7.05 Å². The lowest BCUT2D eigenvalue weighted by Crippen LogP contribution is -2.38. The number of nitrogens with one attached hydrogen (secondary N) is 2. The molecule has 2 N–H and O–H groups in total. The molecule has 2 amide bonds. The van der Waals surface area contributed by atoms with Crippen molar-refractivity contribution in [2.75, 3.05) is 0 Å². The van der Waals surface area contributed by atoms with E-state index in [-0.39, 0.29) is 11.6 Å². The Balaban J connectivity index is 1.96. The molecule has 22 heavy (non-hydrogen) atoms. The number of benzene rings is 1. The molecule has 7 heteroatoms. The number of amides is 2. The normalized spacial score (nSPS) is 13.5. The van der Waals surface area contributed by atoms with E-state index in [9.17, 15) is 13.6 Å². The van der Waals surface area contributed by atoms with Gasteiger partial charge in [0.05, 0.1) is 18.3 Å². The number of carbonyl (C=O) groups is 1. The Morgan fingerprint density at radius 2 is 1.91 bits per heavy atom. The molecule has 0 aliphatic heterocycles. The van der Waals surface area contributed by atoms with E-state index in [0.29, 0.717) is 0 Å². The van der Waals surface area contributed by atoms with Gasteiger partial charge in [0.2, 0.25) is 0 Å². The van der Waals surface area contributed by atoms with Crippen molar-refractivity contribution in [3.8, 4) is 0 Å². The maximum atomic E-state index is 13.7. The summed E-state index contributed by atoms with van der Waals surface area (Å²) in [6.07, 6.45) is 3.46. The van der Waals surface area contributed by atoms with Gasteiger partial charge in [-0.1, -0.05) is 6.07 Å². The molecule has 2 aromatic rings. The van der Waals surface area contributed by atoms with E-state index >= 15 is 0 Å². The molecule has 5 nitrogen and oxygen atoms in total. The van der Waals surface area contributed by atoms with Gasteiger partial charge in [0, 0.05) is 30.4 Å². The third-order valence-electron chi connectivity index (χ3n) is 3.35. The van der Waals surface area contributed by atoms with Crippen molar-refractivity contribution in [3.05, 3.63) is 53.4 Å². The summed E-state index contributed by atoms with van der Waals surface area (Å²) in [5, 5.41) is 9.40. The van der Waals surface area contributed by atoms with E-state index in [1.165, 1.54) is 6.07 Å². The zero-order valence-electron chi connectivity index (χ0n) is 12.6. The van der Waals surface area contributed by atoms with Crippen LogP contribution in [0.5, 0.6) is 0 Å². The highest BCUT2D eigenvalue weighted by atomic mass is 19.1. The molecule has 0 fully saturated rings. The Labute approximate surface area is 127 Å². The largest absolute Gasteiger partial charge is 0.332 e. The summed E-state index contributed by atoms with van der Waals surface area (Å²) in [6.45, 7) is 3.45. The number of urea groups is 1. The molecule has 2 atom stereocenters. The van der Waals surface area contributed by atoms with Crippen LogP contribution in [0, 0.1) is 11.6 Å². The van der Waals surface area contributed by atoms with E-state index in [1.54, 1.807) is 31.0 Å². The van der Waals surface area contributed by atoms with E-state index in [1.807, 2.05) is 6.92 Å². The molecule has 0 radical (unpaired) electrons. The first-order valence-corrected chi connectivity index (χ1v) is 6.87. The summed E-state index contributed by atoms with van der Waals surface area (Å²) < 4.78 is 28.2. The number of hydrogen-bond acceptors (Lipinski definition) is 2. The van der Waals surface area contributed by atoms with Gasteiger partial charge in [-0.2, -0.15) is 5.10 Å². The van der Waals surface area contributed by atoms with Crippen LogP contribution in [0.4, 0.5) is 13.6 Å². The van der Waals surface area contributed by atoms with Gasteiger partial charge in [-0.15, -0.1) is 0 Å². The maximum Gasteiger partial charge on any atom is 0.315 e. The molecule has 1 aromatic carbocycles. The first-order valence-electron chi connectivity index (χ1n) is 6.87. The molecule has 0 spiro atoms. The Hall–Kier alpha value is -2.44. The van der Waals surface area contributed by atoms with Gasteiger partial charge in [-0.05, 0) is 19.9 Å². The molecular formula is C15H18F2N4O. The Bertz CT molecular complexity index is 671. The second kappa shape index (κ2) is 6.55. The van der Waals surface area contributed by atoms with Gasteiger partial charge >= 0.3 is 6.03 Å². The topological polar surface area (TPSA) is 59.0 Å². The van der Waals surface area contributed by atoms with E-state index < -0.39 is 23.7 Å². The van der Waals surface area contributed by atoms with Crippen molar-refractivity contribution in [1.82, 2.24) is 20.4 Å². The molecule has 0 bridgehead atoms. The number of carbonyl (C=O) groups excluding carboxylic acids is 1. The van der Waals surface area contributed by atoms with Crippen LogP contribution in [0.25, 0.3) is 0 Å². The van der Waals surface area contributed by atoms with Crippen molar-refractivity contribution in [3.63, 3.8) is 0 Å². The second-order valence-corrected chi connectivity index (χ2v) is 5.17. The number of nitrogens with zero attached hydrogens (tertiary/aromatic N) is 2. The van der Waals surface area contributed by atoms with E-state index in [2.05, 4.69) is 15.7 Å². The highest BCUT2D eigenvalue weighted by molar-refractivity contribution is 5.74. The highest BCUT2D eigenvalue weighted by Crippen LogP contribution is 2.18. The van der Waals surface area contributed by atoms with Crippen molar-refractivity contribution < 1.29 is 13.6 Å². The Morgan fingerprint density at radius 1 is 1.23 bits per heavy atom. The lowest BCUT2D eigenvalue weighted by Gasteiger charge is -2.18. The van der Waals surface area contributed by atoms with E-state index in [4.69, 9.17) is 0 Å². The Kier molecular flexibility index (Phi) is 4.75. The van der Waals surface area contributed by atoms with Gasteiger partial charge in [-0.25, -0.2) is 13.6 Å². The van der Waals surface area contributed by atoms with E-state index in [0.717, 1.165) is 17.7 Å².